The Kier molecular flexibility index (Phi) is 6.46. The summed E-state index contributed by atoms with van der Waals surface area (Å²) in [6.07, 6.45) is 0. The average Bonchev–Trinajstić information content (AvgIpc) is 3.28. The molecule has 2 aromatic carbocycles. The summed E-state index contributed by atoms with van der Waals surface area (Å²) in [4.78, 5) is 54.9. The Hall–Kier alpha value is -4.38. The molecule has 2 amide bonds. The molecule has 4 rings (SSSR count). The molecular weight excluding hydrogens is 458 g/mol. The summed E-state index contributed by atoms with van der Waals surface area (Å²) in [5.74, 6) is -1.78. The van der Waals surface area contributed by atoms with Gasteiger partial charge in [0, 0.05) is 17.7 Å². The van der Waals surface area contributed by atoms with Crippen LogP contribution in [0.5, 0.6) is 0 Å². The maximum atomic E-state index is 12.7. The second-order valence-electron chi connectivity index (χ2n) is 7.19. The molecule has 0 aliphatic carbocycles. The molecule has 0 fully saturated rings. The molecule has 4 aromatic rings. The monoisotopic (exact) mass is 477 g/mol. The molecule has 2 heterocycles. The summed E-state index contributed by atoms with van der Waals surface area (Å²) in [6, 6.07) is 15.4. The van der Waals surface area contributed by atoms with Crippen molar-refractivity contribution in [2.45, 2.75) is 20.1 Å². The highest BCUT2D eigenvalue weighted by atomic mass is 32.1. The second-order valence-corrected chi connectivity index (χ2v) is 8.03. The van der Waals surface area contributed by atoms with E-state index in [0.29, 0.717) is 21.9 Å². The van der Waals surface area contributed by atoms with Gasteiger partial charge in [0.15, 0.2) is 10.8 Å². The number of nitrogens with zero attached hydrogens (tertiary/aromatic N) is 4. The molecule has 172 valence electrons. The van der Waals surface area contributed by atoms with Crippen molar-refractivity contribution in [1.29, 1.82) is 0 Å². The SMILES string of the molecule is CC(=O)N(c1ccccc1)c1nc(COC(=O)Cn2nc(C(N)=O)c3ccccc3c2=O)cs1. The number of primary amides is 1. The number of nitrogens with two attached hydrogens (primary N) is 1. The Morgan fingerprint density at radius 1 is 1.06 bits per heavy atom. The number of aromatic nitrogens is 3. The first-order chi connectivity index (χ1) is 16.3. The number of anilines is 2. The molecule has 34 heavy (non-hydrogen) atoms. The minimum atomic E-state index is -0.818. The largest absolute Gasteiger partial charge is 0.458 e. The van der Waals surface area contributed by atoms with Gasteiger partial charge in [-0.3, -0.25) is 24.1 Å². The highest BCUT2D eigenvalue weighted by Gasteiger charge is 2.19. The lowest BCUT2D eigenvalue weighted by molar-refractivity contribution is -0.146. The molecule has 0 atom stereocenters. The number of benzene rings is 2. The summed E-state index contributed by atoms with van der Waals surface area (Å²) in [5.41, 5.74) is 5.83. The van der Waals surface area contributed by atoms with Gasteiger partial charge in [-0.15, -0.1) is 11.3 Å². The zero-order valence-corrected chi connectivity index (χ0v) is 18.8. The van der Waals surface area contributed by atoms with Crippen LogP contribution in [-0.2, 0) is 27.5 Å². The van der Waals surface area contributed by atoms with E-state index in [4.69, 9.17) is 10.5 Å². The van der Waals surface area contributed by atoms with E-state index in [0.717, 1.165) is 4.68 Å². The average molecular weight is 478 g/mol. The van der Waals surface area contributed by atoms with Crippen LogP contribution >= 0.6 is 11.3 Å². The molecule has 0 spiro atoms. The Morgan fingerprint density at radius 3 is 2.41 bits per heavy atom. The van der Waals surface area contributed by atoms with Gasteiger partial charge in [-0.05, 0) is 18.2 Å². The number of para-hydroxylation sites is 1. The number of hydrogen-bond acceptors (Lipinski definition) is 8. The summed E-state index contributed by atoms with van der Waals surface area (Å²) in [7, 11) is 0. The highest BCUT2D eigenvalue weighted by Crippen LogP contribution is 2.28. The van der Waals surface area contributed by atoms with Gasteiger partial charge in [0.1, 0.15) is 13.2 Å². The minimum absolute atomic E-state index is 0.114. The summed E-state index contributed by atoms with van der Waals surface area (Å²) >= 11 is 1.23. The van der Waals surface area contributed by atoms with Gasteiger partial charge in [0.2, 0.25) is 5.91 Å². The molecule has 0 unspecified atom stereocenters. The van der Waals surface area contributed by atoms with Gasteiger partial charge in [0.05, 0.1) is 16.8 Å². The standard InChI is InChI=1S/C23H19N5O5S/c1-14(29)28(16-7-3-2-4-8-16)23-25-15(13-34-23)12-33-19(30)11-27-22(32)18-10-6-5-9-17(18)20(26-27)21(24)31/h2-10,13H,11-12H2,1H3,(H2,24,31). The van der Waals surface area contributed by atoms with E-state index in [1.54, 1.807) is 35.7 Å². The molecule has 0 saturated heterocycles. The van der Waals surface area contributed by atoms with Crippen molar-refractivity contribution >= 4 is 50.7 Å². The molecule has 0 aliphatic rings. The molecule has 0 saturated carbocycles. The van der Waals surface area contributed by atoms with E-state index in [2.05, 4.69) is 10.1 Å². The Bertz CT molecular complexity index is 1450. The Labute approximate surface area is 197 Å². The smallest absolute Gasteiger partial charge is 0.328 e. The summed E-state index contributed by atoms with van der Waals surface area (Å²) < 4.78 is 6.10. The maximum absolute atomic E-state index is 12.7. The van der Waals surface area contributed by atoms with E-state index in [1.165, 1.54) is 29.2 Å². The number of ether oxygens (including phenoxy) is 1. The molecule has 10 nitrogen and oxygen atoms in total. The molecule has 2 aromatic heterocycles. The van der Waals surface area contributed by atoms with Crippen LogP contribution < -0.4 is 16.2 Å². The van der Waals surface area contributed by atoms with Crippen LogP contribution in [-0.4, -0.2) is 32.5 Å². The lowest BCUT2D eigenvalue weighted by Gasteiger charge is -2.17. The lowest BCUT2D eigenvalue weighted by atomic mass is 10.1. The molecule has 0 bridgehead atoms. The fraction of sp³-hybridized carbons (Fsp3) is 0.130. The fourth-order valence-electron chi connectivity index (χ4n) is 3.32. The number of carbonyl (C=O) groups is 3. The van der Waals surface area contributed by atoms with Crippen LogP contribution in [0.15, 0.2) is 64.8 Å². The van der Waals surface area contributed by atoms with Gasteiger partial charge in [-0.2, -0.15) is 5.10 Å². The van der Waals surface area contributed by atoms with Crippen LogP contribution in [0.2, 0.25) is 0 Å². The first-order valence-corrected chi connectivity index (χ1v) is 11.0. The number of amides is 2. The number of fused-ring (bicyclic) bond motifs is 1. The quantitative estimate of drug-likeness (QED) is 0.403. The second kappa shape index (κ2) is 9.63. The summed E-state index contributed by atoms with van der Waals surface area (Å²) in [6.45, 7) is 0.758. The van der Waals surface area contributed by atoms with Crippen molar-refractivity contribution in [3.05, 3.63) is 81.7 Å². The fourth-order valence-corrected chi connectivity index (χ4v) is 4.19. The van der Waals surface area contributed by atoms with Gasteiger partial charge < -0.3 is 10.5 Å². The maximum Gasteiger partial charge on any atom is 0.328 e. The lowest BCUT2D eigenvalue weighted by Crippen LogP contribution is -2.31. The van der Waals surface area contributed by atoms with Crippen molar-refractivity contribution in [3.8, 4) is 0 Å². The van der Waals surface area contributed by atoms with Crippen molar-refractivity contribution in [1.82, 2.24) is 14.8 Å². The van der Waals surface area contributed by atoms with Crippen molar-refractivity contribution in [3.63, 3.8) is 0 Å². The van der Waals surface area contributed by atoms with E-state index < -0.39 is 24.0 Å². The van der Waals surface area contributed by atoms with Crippen molar-refractivity contribution < 1.29 is 19.1 Å². The van der Waals surface area contributed by atoms with Gasteiger partial charge in [-0.25, -0.2) is 9.67 Å². The van der Waals surface area contributed by atoms with Crippen LogP contribution in [0.3, 0.4) is 0 Å². The third-order valence-corrected chi connectivity index (χ3v) is 5.70. The van der Waals surface area contributed by atoms with E-state index in [-0.39, 0.29) is 23.6 Å². The van der Waals surface area contributed by atoms with Gasteiger partial charge in [-0.1, -0.05) is 36.4 Å². The van der Waals surface area contributed by atoms with E-state index in [1.807, 2.05) is 18.2 Å². The van der Waals surface area contributed by atoms with E-state index >= 15 is 0 Å². The van der Waals surface area contributed by atoms with Crippen LogP contribution in [0.4, 0.5) is 10.8 Å². The predicted octanol–water partition coefficient (Wildman–Crippen LogP) is 2.38. The van der Waals surface area contributed by atoms with Crippen molar-refractivity contribution in [2.75, 3.05) is 4.90 Å². The third-order valence-electron chi connectivity index (χ3n) is 4.82. The molecule has 11 heteroatoms. The molecular formula is C23H19N5O5S. The minimum Gasteiger partial charge on any atom is -0.458 e. The van der Waals surface area contributed by atoms with Gasteiger partial charge >= 0.3 is 5.97 Å². The topological polar surface area (TPSA) is 137 Å². The zero-order chi connectivity index (χ0) is 24.2. The van der Waals surface area contributed by atoms with Gasteiger partial charge in [0.25, 0.3) is 11.5 Å². The van der Waals surface area contributed by atoms with E-state index in [9.17, 15) is 19.2 Å². The number of rotatable bonds is 7. The van der Waals surface area contributed by atoms with Crippen LogP contribution in [0.25, 0.3) is 10.8 Å². The number of esters is 1. The normalized spacial score (nSPS) is 10.7. The summed E-state index contributed by atoms with van der Waals surface area (Å²) in [5, 5.41) is 6.58. The highest BCUT2D eigenvalue weighted by molar-refractivity contribution is 7.14. The zero-order valence-electron chi connectivity index (χ0n) is 18.0. The van der Waals surface area contributed by atoms with Crippen LogP contribution in [0, 0.1) is 0 Å². The van der Waals surface area contributed by atoms with Crippen molar-refractivity contribution in [2.24, 2.45) is 5.73 Å². The molecule has 0 aliphatic heterocycles. The molecule has 2 N–H and O–H groups in total. The number of hydrogen-bond donors (Lipinski definition) is 1. The third kappa shape index (κ3) is 4.69. The first-order valence-electron chi connectivity index (χ1n) is 10.1. The predicted molar refractivity (Wildman–Crippen MR) is 126 cm³/mol. The van der Waals surface area contributed by atoms with Crippen LogP contribution in [0.1, 0.15) is 23.1 Å². The number of thiazole rings is 1. The number of carbonyl (C=O) groups excluding carboxylic acids is 3. The first kappa shape index (κ1) is 22.8. The Balaban J connectivity index is 1.48. The Morgan fingerprint density at radius 2 is 1.74 bits per heavy atom. The molecule has 0 radical (unpaired) electrons.